The quantitative estimate of drug-likeness (QED) is 0.218. The van der Waals surface area contributed by atoms with Gasteiger partial charge in [-0.1, -0.05) is 24.3 Å². The Morgan fingerprint density at radius 2 is 1.53 bits per heavy atom. The van der Waals surface area contributed by atoms with Crippen molar-refractivity contribution >= 4 is 43.0 Å². The summed E-state index contributed by atoms with van der Waals surface area (Å²) < 4.78 is 33.8. The highest BCUT2D eigenvalue weighted by Gasteiger charge is 2.20. The van der Waals surface area contributed by atoms with Crippen molar-refractivity contribution in [2.45, 2.75) is 11.8 Å². The fourth-order valence-electron chi connectivity index (χ4n) is 3.69. The number of para-hydroxylation sites is 1. The van der Waals surface area contributed by atoms with E-state index in [1.807, 2.05) is 6.07 Å². The second kappa shape index (κ2) is 10.1. The van der Waals surface area contributed by atoms with Gasteiger partial charge in [-0.3, -0.25) is 25.0 Å². The summed E-state index contributed by atoms with van der Waals surface area (Å²) in [6.45, 7) is 1.61. The fourth-order valence-corrected chi connectivity index (χ4v) is 6.01. The molecule has 12 heteroatoms. The standard InChI is InChI=1S/C26H19N5O5S2/c1-15-7-12-20-24(25(15)38(34,35)36)37-26(27-20)16-8-10-18(11-9-16)28-30-19-13-14-21(32)22(23(19)33)31-29-17-5-3-2-4-6-17/h2-14,28-29H,1H3,(H,34,35,36)/b30-19-,31-22-. The van der Waals surface area contributed by atoms with Crippen LogP contribution >= 0.6 is 11.3 Å². The third-order valence-electron chi connectivity index (χ3n) is 5.55. The molecule has 0 fully saturated rings. The minimum absolute atomic E-state index is 0.0153. The molecule has 0 spiro atoms. The molecular weight excluding hydrogens is 526 g/mol. The van der Waals surface area contributed by atoms with Crippen molar-refractivity contribution in [2.75, 3.05) is 10.9 Å². The van der Waals surface area contributed by atoms with Crippen molar-refractivity contribution in [3.63, 3.8) is 0 Å². The highest BCUT2D eigenvalue weighted by Crippen LogP contribution is 2.36. The summed E-state index contributed by atoms with van der Waals surface area (Å²) in [6.07, 6.45) is 0. The lowest BCUT2D eigenvalue weighted by atomic mass is 10.2. The number of thiazole rings is 1. The number of aryl methyl sites for hydroxylation is 1. The Hall–Kier alpha value is -4.52. The van der Waals surface area contributed by atoms with E-state index in [4.69, 9.17) is 0 Å². The van der Waals surface area contributed by atoms with E-state index in [-0.39, 0.29) is 15.6 Å². The van der Waals surface area contributed by atoms with Crippen LogP contribution in [0.1, 0.15) is 5.56 Å². The average molecular weight is 546 g/mol. The molecule has 0 saturated heterocycles. The van der Waals surface area contributed by atoms with Gasteiger partial charge in [0.05, 0.1) is 21.6 Å². The number of benzene rings is 4. The number of fused-ring (bicyclic) bond motifs is 1. The molecule has 0 aliphatic heterocycles. The van der Waals surface area contributed by atoms with Gasteiger partial charge in [-0.05, 0) is 67.1 Å². The van der Waals surface area contributed by atoms with Gasteiger partial charge in [0, 0.05) is 5.56 Å². The molecule has 0 aliphatic rings. The van der Waals surface area contributed by atoms with E-state index >= 15 is 0 Å². The lowest BCUT2D eigenvalue weighted by molar-refractivity contribution is 0.483. The van der Waals surface area contributed by atoms with Gasteiger partial charge in [-0.2, -0.15) is 18.6 Å². The van der Waals surface area contributed by atoms with Gasteiger partial charge in [0.1, 0.15) is 15.3 Å². The highest BCUT2D eigenvalue weighted by atomic mass is 32.2. The van der Waals surface area contributed by atoms with Crippen molar-refractivity contribution < 1.29 is 13.0 Å². The summed E-state index contributed by atoms with van der Waals surface area (Å²) in [5.41, 5.74) is 7.17. The van der Waals surface area contributed by atoms with Gasteiger partial charge < -0.3 is 0 Å². The Kier molecular flexibility index (Phi) is 6.68. The summed E-state index contributed by atoms with van der Waals surface area (Å²) >= 11 is 1.16. The molecule has 0 saturated carbocycles. The van der Waals surface area contributed by atoms with Crippen molar-refractivity contribution in [3.05, 3.63) is 116 Å². The number of nitrogens with one attached hydrogen (secondary N) is 2. The molecule has 0 bridgehead atoms. The molecule has 38 heavy (non-hydrogen) atoms. The molecule has 0 atom stereocenters. The number of nitrogens with zero attached hydrogens (tertiary/aromatic N) is 3. The molecule has 5 rings (SSSR count). The predicted octanol–water partition coefficient (Wildman–Crippen LogP) is 2.97. The van der Waals surface area contributed by atoms with Crippen molar-refractivity contribution in [3.8, 4) is 10.6 Å². The smallest absolute Gasteiger partial charge is 0.287 e. The number of anilines is 2. The van der Waals surface area contributed by atoms with Crippen LogP contribution < -0.4 is 32.4 Å². The van der Waals surface area contributed by atoms with E-state index in [1.165, 1.54) is 12.1 Å². The number of rotatable bonds is 6. The van der Waals surface area contributed by atoms with E-state index in [0.717, 1.165) is 16.9 Å². The maximum atomic E-state index is 12.7. The molecule has 0 unspecified atom stereocenters. The van der Waals surface area contributed by atoms with Gasteiger partial charge in [-0.25, -0.2) is 4.98 Å². The zero-order valence-electron chi connectivity index (χ0n) is 19.7. The molecule has 190 valence electrons. The summed E-state index contributed by atoms with van der Waals surface area (Å²) in [4.78, 5) is 29.3. The first kappa shape index (κ1) is 25.1. The average Bonchev–Trinajstić information content (AvgIpc) is 3.32. The first-order chi connectivity index (χ1) is 18.2. The molecule has 0 aliphatic carbocycles. The van der Waals surface area contributed by atoms with Crippen molar-refractivity contribution in [2.24, 2.45) is 10.2 Å². The number of hydrogen-bond acceptors (Lipinski definition) is 10. The van der Waals surface area contributed by atoms with Crippen molar-refractivity contribution in [1.29, 1.82) is 0 Å². The predicted molar refractivity (Wildman–Crippen MR) is 146 cm³/mol. The van der Waals surface area contributed by atoms with Crippen LogP contribution in [0, 0.1) is 6.92 Å². The minimum atomic E-state index is -4.40. The maximum absolute atomic E-state index is 12.7. The minimum Gasteiger partial charge on any atom is -0.287 e. The van der Waals surface area contributed by atoms with Crippen LogP contribution in [-0.4, -0.2) is 18.0 Å². The van der Waals surface area contributed by atoms with Crippen LogP contribution in [0.15, 0.2) is 104 Å². The molecule has 1 heterocycles. The summed E-state index contributed by atoms with van der Waals surface area (Å²) in [5.74, 6) is 0. The van der Waals surface area contributed by atoms with Crippen LogP contribution in [-0.2, 0) is 10.1 Å². The van der Waals surface area contributed by atoms with Gasteiger partial charge in [0.2, 0.25) is 10.9 Å². The van der Waals surface area contributed by atoms with Gasteiger partial charge >= 0.3 is 0 Å². The second-order valence-electron chi connectivity index (χ2n) is 8.21. The highest BCUT2D eigenvalue weighted by molar-refractivity contribution is 7.86. The second-order valence-corrected chi connectivity index (χ2v) is 10.6. The van der Waals surface area contributed by atoms with Crippen LogP contribution in [0.4, 0.5) is 11.4 Å². The zero-order chi connectivity index (χ0) is 26.9. The normalized spacial score (nSPS) is 12.7. The van der Waals surface area contributed by atoms with Crippen LogP contribution in [0.3, 0.4) is 0 Å². The van der Waals surface area contributed by atoms with E-state index in [9.17, 15) is 22.6 Å². The molecule has 4 aromatic carbocycles. The van der Waals surface area contributed by atoms with Crippen molar-refractivity contribution in [1.82, 2.24) is 4.98 Å². The molecular formula is C26H19N5O5S2. The third kappa shape index (κ3) is 5.13. The summed E-state index contributed by atoms with van der Waals surface area (Å²) in [7, 11) is -4.40. The Balaban J connectivity index is 1.41. The fraction of sp³-hybridized carbons (Fsp3) is 0.0385. The van der Waals surface area contributed by atoms with E-state index in [0.29, 0.717) is 32.2 Å². The molecule has 0 amide bonds. The van der Waals surface area contributed by atoms with Crippen LogP contribution in [0.25, 0.3) is 20.8 Å². The van der Waals surface area contributed by atoms with Crippen LogP contribution in [0.2, 0.25) is 0 Å². The Labute approximate surface area is 219 Å². The van der Waals surface area contributed by atoms with Gasteiger partial charge in [0.25, 0.3) is 10.1 Å². The Bertz CT molecular complexity index is 2000. The van der Waals surface area contributed by atoms with Crippen LogP contribution in [0.5, 0.6) is 0 Å². The molecule has 1 aromatic heterocycles. The molecule has 0 radical (unpaired) electrons. The van der Waals surface area contributed by atoms with E-state index < -0.39 is 21.0 Å². The molecule has 5 aromatic rings. The van der Waals surface area contributed by atoms with E-state index in [2.05, 4.69) is 26.0 Å². The first-order valence-electron chi connectivity index (χ1n) is 11.2. The zero-order valence-corrected chi connectivity index (χ0v) is 21.4. The van der Waals surface area contributed by atoms with Gasteiger partial charge in [0.15, 0.2) is 5.36 Å². The third-order valence-corrected chi connectivity index (χ3v) is 7.86. The Morgan fingerprint density at radius 1 is 0.842 bits per heavy atom. The number of hydrogen-bond donors (Lipinski definition) is 3. The lowest BCUT2D eigenvalue weighted by Crippen LogP contribution is -2.47. The summed E-state index contributed by atoms with van der Waals surface area (Å²) in [6, 6.07) is 21.7. The summed E-state index contributed by atoms with van der Waals surface area (Å²) in [5, 5.41) is 8.39. The monoisotopic (exact) mass is 545 g/mol. The SMILES string of the molecule is Cc1ccc2nc(-c3ccc(N/N=c4/ccc(=O)/c(=N/Nc5ccccc5)c4=O)cc3)sc2c1S(=O)(=O)O. The van der Waals surface area contributed by atoms with E-state index in [1.54, 1.807) is 67.6 Å². The topological polar surface area (TPSA) is 150 Å². The largest absolute Gasteiger partial charge is 0.296 e. The van der Waals surface area contributed by atoms with Gasteiger partial charge in [-0.15, -0.1) is 11.3 Å². The molecule has 3 N–H and O–H groups in total. The number of aromatic nitrogens is 1. The first-order valence-corrected chi connectivity index (χ1v) is 13.4. The maximum Gasteiger partial charge on any atom is 0.296 e. The Morgan fingerprint density at radius 3 is 2.24 bits per heavy atom. The lowest BCUT2D eigenvalue weighted by Gasteiger charge is -2.02. The molecule has 10 nitrogen and oxygen atoms in total.